The van der Waals surface area contributed by atoms with Crippen LogP contribution in [0.15, 0.2) is 36.5 Å². The summed E-state index contributed by atoms with van der Waals surface area (Å²) in [6.45, 7) is 1.83. The minimum Gasteiger partial charge on any atom is -0.493 e. The Balaban J connectivity index is 1.65. The molecule has 0 spiro atoms. The van der Waals surface area contributed by atoms with Crippen LogP contribution in [0.5, 0.6) is 11.5 Å². The van der Waals surface area contributed by atoms with Gasteiger partial charge in [0, 0.05) is 31.0 Å². The number of nitrogens with one attached hydrogen (secondary N) is 1. The molecular weight excluding hydrogens is 370 g/mol. The highest BCUT2D eigenvalue weighted by Crippen LogP contribution is 2.37. The monoisotopic (exact) mass is 399 g/mol. The van der Waals surface area contributed by atoms with E-state index in [1.165, 1.54) is 37.8 Å². The summed E-state index contributed by atoms with van der Waals surface area (Å²) in [6, 6.07) is 11.0. The fourth-order valence-electron chi connectivity index (χ4n) is 4.48. The molecule has 28 heavy (non-hydrogen) atoms. The number of hydrogen-bond acceptors (Lipinski definition) is 3. The molecule has 1 aliphatic carbocycles. The van der Waals surface area contributed by atoms with Crippen LogP contribution in [0.25, 0.3) is 0 Å². The van der Waals surface area contributed by atoms with E-state index in [0.29, 0.717) is 6.04 Å². The molecule has 2 aliphatic rings. The van der Waals surface area contributed by atoms with E-state index in [1.54, 1.807) is 14.2 Å². The smallest absolute Gasteiger partial charge is 0.170 e. The van der Waals surface area contributed by atoms with Gasteiger partial charge < -0.3 is 24.3 Å². The van der Waals surface area contributed by atoms with Crippen LogP contribution in [0.3, 0.4) is 0 Å². The van der Waals surface area contributed by atoms with Crippen LogP contribution in [0.1, 0.15) is 49.4 Å². The SMILES string of the molecule is COc1ccc(C2c3cccn3CCN2C(=S)NC2CCCCC2)cc1OC. The number of methoxy groups -OCH3 is 2. The van der Waals surface area contributed by atoms with Crippen molar-refractivity contribution in [1.82, 2.24) is 14.8 Å². The molecule has 1 unspecified atom stereocenters. The van der Waals surface area contributed by atoms with Crippen molar-refractivity contribution in [2.45, 2.75) is 50.7 Å². The fourth-order valence-corrected chi connectivity index (χ4v) is 4.84. The zero-order valence-corrected chi connectivity index (χ0v) is 17.5. The standard InChI is InChI=1S/C22H29N3O2S/c1-26-19-11-10-16(15-20(19)27-2)21-18-9-6-12-24(18)13-14-25(21)22(28)23-17-7-4-3-5-8-17/h6,9-12,15,17,21H,3-5,7-8,13-14H2,1-2H3,(H,23,28). The summed E-state index contributed by atoms with van der Waals surface area (Å²) in [5.41, 5.74) is 2.41. The second kappa shape index (κ2) is 8.43. The number of hydrogen-bond donors (Lipinski definition) is 1. The molecule has 0 amide bonds. The zero-order valence-electron chi connectivity index (χ0n) is 16.7. The van der Waals surface area contributed by atoms with Gasteiger partial charge in [-0.05, 0) is 54.9 Å². The first-order chi connectivity index (χ1) is 13.7. The van der Waals surface area contributed by atoms with Crippen molar-refractivity contribution in [2.24, 2.45) is 0 Å². The maximum absolute atomic E-state index is 5.89. The van der Waals surface area contributed by atoms with Crippen molar-refractivity contribution in [1.29, 1.82) is 0 Å². The van der Waals surface area contributed by atoms with Crippen LogP contribution in [-0.2, 0) is 6.54 Å². The molecule has 1 saturated carbocycles. The highest BCUT2D eigenvalue weighted by molar-refractivity contribution is 7.80. The molecule has 1 aromatic carbocycles. The molecule has 150 valence electrons. The molecule has 2 aromatic rings. The van der Waals surface area contributed by atoms with Gasteiger partial charge in [0.2, 0.25) is 0 Å². The molecule has 5 nitrogen and oxygen atoms in total. The Morgan fingerprint density at radius 3 is 2.57 bits per heavy atom. The van der Waals surface area contributed by atoms with Gasteiger partial charge >= 0.3 is 0 Å². The Kier molecular flexibility index (Phi) is 5.76. The van der Waals surface area contributed by atoms with Gasteiger partial charge in [0.25, 0.3) is 0 Å². The summed E-state index contributed by atoms with van der Waals surface area (Å²) in [5.74, 6) is 1.49. The summed E-state index contributed by atoms with van der Waals surface area (Å²) < 4.78 is 13.3. The number of fused-ring (bicyclic) bond motifs is 1. The Hall–Kier alpha value is -2.21. The van der Waals surface area contributed by atoms with E-state index in [0.717, 1.165) is 35.3 Å². The van der Waals surface area contributed by atoms with E-state index in [-0.39, 0.29) is 6.04 Å². The maximum atomic E-state index is 5.89. The maximum Gasteiger partial charge on any atom is 0.170 e. The van der Waals surface area contributed by atoms with E-state index in [4.69, 9.17) is 21.7 Å². The van der Waals surface area contributed by atoms with Gasteiger partial charge in [-0.15, -0.1) is 0 Å². The second-order valence-electron chi connectivity index (χ2n) is 7.62. The Bertz CT molecular complexity index is 829. The van der Waals surface area contributed by atoms with Crippen molar-refractivity contribution >= 4 is 17.3 Å². The van der Waals surface area contributed by atoms with E-state index in [2.05, 4.69) is 45.2 Å². The Labute approximate surface area is 172 Å². The highest BCUT2D eigenvalue weighted by Gasteiger charge is 2.32. The molecule has 6 heteroatoms. The minimum atomic E-state index is 0.0622. The molecule has 0 radical (unpaired) electrons. The van der Waals surface area contributed by atoms with E-state index in [9.17, 15) is 0 Å². The Morgan fingerprint density at radius 1 is 1.04 bits per heavy atom. The lowest BCUT2D eigenvalue weighted by Crippen LogP contribution is -2.50. The molecule has 4 rings (SSSR count). The topological polar surface area (TPSA) is 38.7 Å². The molecule has 1 atom stereocenters. The lowest BCUT2D eigenvalue weighted by molar-refractivity contribution is 0.277. The number of ether oxygens (including phenoxy) is 2. The number of nitrogens with zero attached hydrogens (tertiary/aromatic N) is 2. The lowest BCUT2D eigenvalue weighted by Gasteiger charge is -2.40. The average molecular weight is 400 g/mol. The molecule has 0 saturated heterocycles. The van der Waals surface area contributed by atoms with Gasteiger partial charge in [-0.25, -0.2) is 0 Å². The molecule has 1 fully saturated rings. The molecule has 2 heterocycles. The molecular formula is C22H29N3O2S. The molecule has 1 aliphatic heterocycles. The van der Waals surface area contributed by atoms with Crippen LogP contribution in [0.4, 0.5) is 0 Å². The number of rotatable bonds is 4. The van der Waals surface area contributed by atoms with Crippen molar-refractivity contribution in [3.63, 3.8) is 0 Å². The third kappa shape index (κ3) is 3.70. The van der Waals surface area contributed by atoms with E-state index in [1.807, 2.05) is 6.07 Å². The van der Waals surface area contributed by atoms with E-state index >= 15 is 0 Å². The average Bonchev–Trinajstić information content (AvgIpc) is 3.22. The van der Waals surface area contributed by atoms with E-state index < -0.39 is 0 Å². The summed E-state index contributed by atoms with van der Waals surface area (Å²) in [6.07, 6.45) is 8.51. The predicted molar refractivity (Wildman–Crippen MR) is 115 cm³/mol. The number of aromatic nitrogens is 1. The van der Waals surface area contributed by atoms with Crippen LogP contribution < -0.4 is 14.8 Å². The summed E-state index contributed by atoms with van der Waals surface area (Å²) in [5, 5.41) is 4.51. The first kappa shape index (κ1) is 19.1. The van der Waals surface area contributed by atoms with Crippen molar-refractivity contribution < 1.29 is 9.47 Å². The quantitative estimate of drug-likeness (QED) is 0.783. The van der Waals surface area contributed by atoms with Gasteiger partial charge in [0.1, 0.15) is 0 Å². The van der Waals surface area contributed by atoms with Crippen LogP contribution in [0, 0.1) is 0 Å². The van der Waals surface area contributed by atoms with Crippen molar-refractivity contribution in [2.75, 3.05) is 20.8 Å². The normalized spacial score (nSPS) is 19.8. The predicted octanol–water partition coefficient (Wildman–Crippen LogP) is 4.12. The van der Waals surface area contributed by atoms with Crippen molar-refractivity contribution in [3.05, 3.63) is 47.8 Å². The van der Waals surface area contributed by atoms with Gasteiger partial charge in [-0.2, -0.15) is 0 Å². The zero-order chi connectivity index (χ0) is 19.5. The third-order valence-corrected chi connectivity index (χ3v) is 6.31. The number of thiocarbonyl (C=S) groups is 1. The summed E-state index contributed by atoms with van der Waals surface area (Å²) in [4.78, 5) is 2.33. The number of benzene rings is 1. The van der Waals surface area contributed by atoms with Crippen LogP contribution >= 0.6 is 12.2 Å². The fraction of sp³-hybridized carbons (Fsp3) is 0.500. The van der Waals surface area contributed by atoms with Gasteiger partial charge in [0.15, 0.2) is 16.6 Å². The summed E-state index contributed by atoms with van der Waals surface area (Å²) >= 11 is 5.89. The van der Waals surface area contributed by atoms with Crippen LogP contribution in [0.2, 0.25) is 0 Å². The van der Waals surface area contributed by atoms with Crippen LogP contribution in [-0.4, -0.2) is 41.4 Å². The second-order valence-corrected chi connectivity index (χ2v) is 8.01. The third-order valence-electron chi connectivity index (χ3n) is 5.96. The largest absolute Gasteiger partial charge is 0.493 e. The van der Waals surface area contributed by atoms with Crippen molar-refractivity contribution in [3.8, 4) is 11.5 Å². The lowest BCUT2D eigenvalue weighted by atomic mass is 9.95. The first-order valence-corrected chi connectivity index (χ1v) is 10.6. The molecule has 1 N–H and O–H groups in total. The summed E-state index contributed by atoms with van der Waals surface area (Å²) in [7, 11) is 3.34. The highest BCUT2D eigenvalue weighted by atomic mass is 32.1. The molecule has 1 aromatic heterocycles. The molecule has 0 bridgehead atoms. The van der Waals surface area contributed by atoms with Gasteiger partial charge in [-0.3, -0.25) is 0 Å². The van der Waals surface area contributed by atoms with Gasteiger partial charge in [-0.1, -0.05) is 25.3 Å². The van der Waals surface area contributed by atoms with Gasteiger partial charge in [0.05, 0.1) is 20.3 Å². The minimum absolute atomic E-state index is 0.0622. The Morgan fingerprint density at radius 2 is 1.82 bits per heavy atom. The first-order valence-electron chi connectivity index (χ1n) is 10.2.